The van der Waals surface area contributed by atoms with E-state index in [1.165, 1.54) is 18.1 Å². The van der Waals surface area contributed by atoms with Gasteiger partial charge in [-0.2, -0.15) is 0 Å². The molecule has 0 saturated carbocycles. The topological polar surface area (TPSA) is 133 Å². The second-order valence-corrected chi connectivity index (χ2v) is 14.8. The number of halogens is 1. The number of anilines is 1. The molecule has 4 atom stereocenters. The molecular weight excluding hydrogens is 740 g/mol. The highest BCUT2D eigenvalue weighted by Gasteiger charge is 2.47. The second kappa shape index (κ2) is 19.6. The zero-order valence-electron chi connectivity index (χ0n) is 32.3. The molecule has 0 radical (unpaired) electrons. The van der Waals surface area contributed by atoms with Crippen LogP contribution >= 0.6 is 11.6 Å². The highest BCUT2D eigenvalue weighted by Crippen LogP contribution is 2.42. The van der Waals surface area contributed by atoms with E-state index in [4.69, 9.17) is 40.0 Å². The fourth-order valence-electron chi connectivity index (χ4n) is 7.95. The number of ether oxygens (including phenoxy) is 6. The maximum Gasteiger partial charge on any atom is 0.416 e. The number of aryl methyl sites for hydroxylation is 1. The number of nitrogens with zero attached hydrogens (tertiary/aromatic N) is 2. The van der Waals surface area contributed by atoms with Crippen molar-refractivity contribution in [2.75, 3.05) is 50.9 Å². The predicted molar refractivity (Wildman–Crippen MR) is 213 cm³/mol. The molecule has 3 aliphatic heterocycles. The second-order valence-electron chi connectivity index (χ2n) is 14.5. The highest BCUT2D eigenvalue weighted by atomic mass is 35.5. The number of alkyl halides is 1. The van der Waals surface area contributed by atoms with Gasteiger partial charge in [-0.05, 0) is 93.4 Å². The van der Waals surface area contributed by atoms with Gasteiger partial charge in [-0.3, -0.25) is 9.59 Å². The van der Waals surface area contributed by atoms with E-state index in [1.54, 1.807) is 23.1 Å². The van der Waals surface area contributed by atoms with Crippen LogP contribution in [0.5, 0.6) is 17.2 Å². The summed E-state index contributed by atoms with van der Waals surface area (Å²) in [4.78, 5) is 44.1. The van der Waals surface area contributed by atoms with Gasteiger partial charge < -0.3 is 38.4 Å². The maximum atomic E-state index is 14.2. The molecule has 2 saturated heterocycles. The van der Waals surface area contributed by atoms with Crippen molar-refractivity contribution in [2.45, 2.75) is 95.6 Å². The quantitative estimate of drug-likeness (QED) is 0.0653. The summed E-state index contributed by atoms with van der Waals surface area (Å²) in [7, 11) is 1.51. The number of hydrogen-bond acceptors (Lipinski definition) is 10. The molecule has 302 valence electrons. The van der Waals surface area contributed by atoms with Gasteiger partial charge in [0, 0.05) is 42.8 Å². The molecule has 2 fully saturated rings. The van der Waals surface area contributed by atoms with Gasteiger partial charge in [0.25, 0.3) is 5.91 Å². The Morgan fingerprint density at radius 2 is 1.84 bits per heavy atom. The van der Waals surface area contributed by atoms with Crippen molar-refractivity contribution in [3.8, 4) is 17.2 Å². The standard InChI is InChI=1S/C43H53ClN2O10/c1-4-20-54-43(50)46-34-25-37(36(51-3)24-32(34)41(49)45-19-11-9-16-33(45)42(46)56-39-18-10-13-22-53-39)52-21-12-5-6-17-38(48)55-27-29(26-44)40-28(2)23-35(47)30-14-7-8-15-31(30)40/h4,7-8,14-15,23-25,29,33,39,42,47H,1,5-6,9-13,16-22,26-27H2,2-3H3/t29-,33?,39?,42?/m1/s1. The molecule has 3 aromatic carbocycles. The number of benzene rings is 3. The summed E-state index contributed by atoms with van der Waals surface area (Å²) < 4.78 is 35.7. The number of phenolic OH excluding ortho intramolecular Hbond substituents is 1. The van der Waals surface area contributed by atoms with Gasteiger partial charge in [0.15, 0.2) is 24.0 Å². The first kappa shape index (κ1) is 41.1. The molecular formula is C43H53ClN2O10. The van der Waals surface area contributed by atoms with Gasteiger partial charge in [-0.15, -0.1) is 11.6 Å². The zero-order valence-corrected chi connectivity index (χ0v) is 33.1. The van der Waals surface area contributed by atoms with Gasteiger partial charge in [0.1, 0.15) is 12.4 Å². The lowest BCUT2D eigenvalue weighted by molar-refractivity contribution is -0.198. The first-order valence-corrected chi connectivity index (χ1v) is 20.2. The molecule has 1 N–H and O–H groups in total. The van der Waals surface area contributed by atoms with Gasteiger partial charge in [-0.25, -0.2) is 9.69 Å². The number of piperidine rings is 1. The minimum Gasteiger partial charge on any atom is -0.507 e. The van der Waals surface area contributed by atoms with Crippen molar-refractivity contribution >= 4 is 46.0 Å². The molecule has 2 amide bonds. The number of carbonyl (C=O) groups is 3. The summed E-state index contributed by atoms with van der Waals surface area (Å²) in [5.74, 6) is 0.420. The van der Waals surface area contributed by atoms with E-state index in [-0.39, 0.29) is 54.6 Å². The monoisotopic (exact) mass is 792 g/mol. The van der Waals surface area contributed by atoms with E-state index >= 15 is 0 Å². The average Bonchev–Trinajstić information content (AvgIpc) is 3.31. The lowest BCUT2D eigenvalue weighted by Gasteiger charge is -2.42. The largest absolute Gasteiger partial charge is 0.507 e. The fourth-order valence-corrected chi connectivity index (χ4v) is 8.19. The summed E-state index contributed by atoms with van der Waals surface area (Å²) in [6, 6.07) is 12.2. The molecule has 3 aromatic rings. The number of phenols is 1. The normalized spacial score (nSPS) is 20.1. The van der Waals surface area contributed by atoms with Crippen LogP contribution in [-0.2, 0) is 23.7 Å². The summed E-state index contributed by atoms with van der Waals surface area (Å²) in [5, 5.41) is 12.1. The van der Waals surface area contributed by atoms with Crippen LogP contribution in [0.2, 0.25) is 0 Å². The molecule has 13 heteroatoms. The average molecular weight is 793 g/mol. The molecule has 56 heavy (non-hydrogen) atoms. The predicted octanol–water partition coefficient (Wildman–Crippen LogP) is 8.37. The number of amides is 2. The van der Waals surface area contributed by atoms with Crippen molar-refractivity contribution in [1.29, 1.82) is 0 Å². The van der Waals surface area contributed by atoms with Gasteiger partial charge >= 0.3 is 12.1 Å². The van der Waals surface area contributed by atoms with Crippen molar-refractivity contribution in [3.05, 3.63) is 71.8 Å². The molecule has 3 unspecified atom stereocenters. The molecule has 6 rings (SSSR count). The van der Waals surface area contributed by atoms with E-state index in [2.05, 4.69) is 6.58 Å². The molecule has 0 bridgehead atoms. The Morgan fingerprint density at radius 1 is 1.04 bits per heavy atom. The number of hydrogen-bond donors (Lipinski definition) is 1. The Labute approximate surface area is 333 Å². The number of esters is 1. The highest BCUT2D eigenvalue weighted by molar-refractivity contribution is 6.18. The van der Waals surface area contributed by atoms with Crippen LogP contribution in [0, 0.1) is 6.92 Å². The van der Waals surface area contributed by atoms with Crippen LogP contribution in [0.25, 0.3) is 10.8 Å². The van der Waals surface area contributed by atoms with Crippen LogP contribution in [-0.4, -0.2) is 92.5 Å². The zero-order chi connectivity index (χ0) is 39.6. The molecule has 3 aliphatic rings. The number of aromatic hydroxyl groups is 1. The summed E-state index contributed by atoms with van der Waals surface area (Å²) >= 11 is 6.37. The Hall–Kier alpha value is -4.52. The third kappa shape index (κ3) is 9.36. The Balaban J connectivity index is 1.10. The summed E-state index contributed by atoms with van der Waals surface area (Å²) in [6.45, 7) is 7.12. The van der Waals surface area contributed by atoms with Gasteiger partial charge in [0.05, 0.1) is 37.6 Å². The van der Waals surface area contributed by atoms with Crippen LogP contribution < -0.4 is 14.4 Å². The third-order valence-corrected chi connectivity index (χ3v) is 11.1. The van der Waals surface area contributed by atoms with Crippen molar-refractivity contribution in [1.82, 2.24) is 4.90 Å². The van der Waals surface area contributed by atoms with E-state index in [9.17, 15) is 19.5 Å². The molecule has 0 spiro atoms. The molecule has 0 aromatic heterocycles. The summed E-state index contributed by atoms with van der Waals surface area (Å²) in [5.41, 5.74) is 2.45. The Morgan fingerprint density at radius 3 is 2.59 bits per heavy atom. The van der Waals surface area contributed by atoms with Crippen molar-refractivity contribution < 1.29 is 47.9 Å². The first-order valence-electron chi connectivity index (χ1n) is 19.7. The molecule has 12 nitrogen and oxygen atoms in total. The lowest BCUT2D eigenvalue weighted by Crippen LogP contribution is -2.57. The molecule has 0 aliphatic carbocycles. The van der Waals surface area contributed by atoms with Crippen molar-refractivity contribution in [3.63, 3.8) is 0 Å². The lowest BCUT2D eigenvalue weighted by atomic mass is 9.90. The minimum atomic E-state index is -0.855. The van der Waals surface area contributed by atoms with E-state index in [0.29, 0.717) is 69.0 Å². The summed E-state index contributed by atoms with van der Waals surface area (Å²) in [6.07, 6.45) is 6.51. The van der Waals surface area contributed by atoms with E-state index in [1.807, 2.05) is 31.2 Å². The first-order chi connectivity index (χ1) is 27.2. The van der Waals surface area contributed by atoms with Crippen LogP contribution in [0.1, 0.15) is 91.6 Å². The number of unbranched alkanes of at least 4 members (excludes halogenated alkanes) is 2. The Bertz CT molecular complexity index is 1860. The number of carbonyl (C=O) groups excluding carboxylic acids is 3. The van der Waals surface area contributed by atoms with Crippen LogP contribution in [0.15, 0.2) is 55.1 Å². The maximum absolute atomic E-state index is 14.2. The number of methoxy groups -OCH3 is 1. The number of rotatable bonds is 16. The van der Waals surface area contributed by atoms with Gasteiger partial charge in [0.2, 0.25) is 0 Å². The smallest absolute Gasteiger partial charge is 0.416 e. The molecule has 3 heterocycles. The SMILES string of the molecule is C=CCOC(=O)N1c2cc(OCCCCCC(=O)OC[C@@H](CCl)c3c(C)cc(O)c4ccccc34)c(OC)cc2C(=O)N2CCCCC2C1OC1CCCCO1. The Kier molecular flexibility index (Phi) is 14.4. The third-order valence-electron chi connectivity index (χ3n) is 10.7. The van der Waals surface area contributed by atoms with Crippen molar-refractivity contribution in [2.24, 2.45) is 0 Å². The minimum absolute atomic E-state index is 0.0186. The number of fused-ring (bicyclic) bond motifs is 3. The van der Waals surface area contributed by atoms with E-state index in [0.717, 1.165) is 47.6 Å². The van der Waals surface area contributed by atoms with Gasteiger partial charge in [-0.1, -0.05) is 36.9 Å². The van der Waals surface area contributed by atoms with E-state index < -0.39 is 24.7 Å². The fraction of sp³-hybridized carbons (Fsp3) is 0.512. The van der Waals surface area contributed by atoms with Crippen LogP contribution in [0.3, 0.4) is 0 Å². The van der Waals surface area contributed by atoms with Crippen LogP contribution in [0.4, 0.5) is 10.5 Å².